The van der Waals surface area contributed by atoms with Crippen molar-refractivity contribution in [2.75, 3.05) is 9.80 Å². The van der Waals surface area contributed by atoms with Gasteiger partial charge in [0.05, 0.1) is 5.69 Å². The lowest BCUT2D eigenvalue weighted by Gasteiger charge is -2.31. The third-order valence-corrected chi connectivity index (χ3v) is 14.0. The maximum absolute atomic E-state index is 2.49. The van der Waals surface area contributed by atoms with Crippen molar-refractivity contribution in [1.82, 2.24) is 0 Å². The SMILES string of the molecule is CC(C)c1ccc(N(c2ccc(C(C)C)cc2)c2ccc(N(c3ccc(C(C)C)cc3)c3c4ccccc4c(-c4cccc5c4ccc4cc6ccccc6cc45)c4ccccc34)cc2)cc1. The molecule has 0 aliphatic rings. The zero-order chi connectivity index (χ0) is 45.8. The molecule has 11 rings (SSSR count). The van der Waals surface area contributed by atoms with Crippen molar-refractivity contribution in [2.24, 2.45) is 0 Å². The van der Waals surface area contributed by atoms with Crippen molar-refractivity contribution in [3.63, 3.8) is 0 Å². The highest BCUT2D eigenvalue weighted by Crippen LogP contribution is 2.50. The molecule has 2 heteroatoms. The van der Waals surface area contributed by atoms with Crippen molar-refractivity contribution < 1.29 is 0 Å². The highest BCUT2D eigenvalue weighted by molar-refractivity contribution is 6.26. The summed E-state index contributed by atoms with van der Waals surface area (Å²) in [5.74, 6) is 1.35. The summed E-state index contributed by atoms with van der Waals surface area (Å²) >= 11 is 0. The molecule has 0 N–H and O–H groups in total. The Bertz CT molecular complexity index is 3470. The maximum atomic E-state index is 2.49. The van der Waals surface area contributed by atoms with E-state index >= 15 is 0 Å². The average molecular weight is 865 g/mol. The lowest BCUT2D eigenvalue weighted by atomic mass is 9.87. The van der Waals surface area contributed by atoms with Gasteiger partial charge in [0.15, 0.2) is 0 Å². The molecule has 0 aliphatic heterocycles. The van der Waals surface area contributed by atoms with E-state index in [9.17, 15) is 0 Å². The molecule has 2 nitrogen and oxygen atoms in total. The topological polar surface area (TPSA) is 6.48 Å². The van der Waals surface area contributed by atoms with Gasteiger partial charge >= 0.3 is 0 Å². The zero-order valence-corrected chi connectivity index (χ0v) is 39.3. The summed E-state index contributed by atoms with van der Waals surface area (Å²) in [4.78, 5) is 4.87. The van der Waals surface area contributed by atoms with Gasteiger partial charge in [0.25, 0.3) is 0 Å². The molecule has 0 aromatic heterocycles. The van der Waals surface area contributed by atoms with Crippen LogP contribution in [0.4, 0.5) is 34.1 Å². The normalized spacial score (nSPS) is 11.8. The molecule has 0 saturated carbocycles. The first kappa shape index (κ1) is 42.0. The number of hydrogen-bond donors (Lipinski definition) is 0. The standard InChI is InChI=1S/C65H56N2/c1-42(2)45-22-29-51(30-23-45)66(52-31-24-46(25-32-52)43(3)4)53-35-37-55(38-36-53)67(54-33-26-47(27-34-54)44(5)6)65-61-18-11-9-16-59(61)64(60-17-10-12-19-62(60)65)58-21-13-20-56-57(58)39-28-50-40-48-14-7-8-15-49(48)41-63(50)56/h7-44H,1-6H3. The van der Waals surface area contributed by atoms with E-state index in [1.165, 1.54) is 87.4 Å². The molecular weight excluding hydrogens is 809 g/mol. The van der Waals surface area contributed by atoms with E-state index in [4.69, 9.17) is 0 Å². The molecule has 11 aromatic rings. The van der Waals surface area contributed by atoms with Crippen LogP contribution >= 0.6 is 0 Å². The van der Waals surface area contributed by atoms with Crippen molar-refractivity contribution in [3.05, 3.63) is 229 Å². The number of fused-ring (bicyclic) bond motifs is 6. The second-order valence-corrected chi connectivity index (χ2v) is 19.1. The smallest absolute Gasteiger partial charge is 0.0618 e. The van der Waals surface area contributed by atoms with Crippen LogP contribution in [0.3, 0.4) is 0 Å². The minimum atomic E-state index is 0.425. The van der Waals surface area contributed by atoms with Gasteiger partial charge in [0.2, 0.25) is 0 Å². The average Bonchev–Trinajstić information content (AvgIpc) is 3.36. The molecule has 0 spiro atoms. The first-order valence-corrected chi connectivity index (χ1v) is 24.0. The summed E-state index contributed by atoms with van der Waals surface area (Å²) in [7, 11) is 0. The van der Waals surface area contributed by atoms with E-state index in [-0.39, 0.29) is 0 Å². The molecule has 0 bridgehead atoms. The number of anilines is 6. The Labute approximate surface area is 395 Å². The fraction of sp³-hybridized carbons (Fsp3) is 0.138. The molecule has 0 atom stereocenters. The highest BCUT2D eigenvalue weighted by atomic mass is 15.2. The summed E-state index contributed by atoms with van der Waals surface area (Å²) in [6, 6.07) is 79.5. The minimum absolute atomic E-state index is 0.425. The Morgan fingerprint density at radius 3 is 1.12 bits per heavy atom. The highest BCUT2D eigenvalue weighted by Gasteiger charge is 2.24. The van der Waals surface area contributed by atoms with Gasteiger partial charge in [-0.25, -0.2) is 0 Å². The molecule has 0 radical (unpaired) electrons. The van der Waals surface area contributed by atoms with Crippen LogP contribution in [0, 0.1) is 0 Å². The molecule has 326 valence electrons. The fourth-order valence-corrected chi connectivity index (χ4v) is 10.3. The Hall–Kier alpha value is -7.68. The predicted octanol–water partition coefficient (Wildman–Crippen LogP) is 19.4. The van der Waals surface area contributed by atoms with E-state index in [0.29, 0.717) is 17.8 Å². The molecular formula is C65H56N2. The first-order valence-electron chi connectivity index (χ1n) is 24.0. The van der Waals surface area contributed by atoms with E-state index in [2.05, 4.69) is 264 Å². The maximum Gasteiger partial charge on any atom is 0.0618 e. The summed E-state index contributed by atoms with van der Waals surface area (Å²) in [5.41, 5.74) is 13.3. The summed E-state index contributed by atoms with van der Waals surface area (Å²) in [5, 5.41) is 12.4. The van der Waals surface area contributed by atoms with Crippen LogP contribution in [0.25, 0.3) is 65.0 Å². The Kier molecular flexibility index (Phi) is 10.8. The lowest BCUT2D eigenvalue weighted by molar-refractivity contribution is 0.866. The monoisotopic (exact) mass is 864 g/mol. The van der Waals surface area contributed by atoms with Crippen LogP contribution in [0.5, 0.6) is 0 Å². The van der Waals surface area contributed by atoms with Gasteiger partial charge in [0, 0.05) is 39.2 Å². The number of nitrogens with zero attached hydrogens (tertiary/aromatic N) is 2. The van der Waals surface area contributed by atoms with Crippen LogP contribution in [-0.2, 0) is 0 Å². The van der Waals surface area contributed by atoms with Crippen molar-refractivity contribution in [2.45, 2.75) is 59.3 Å². The second-order valence-electron chi connectivity index (χ2n) is 19.1. The van der Waals surface area contributed by atoms with Gasteiger partial charge in [-0.05, 0) is 161 Å². The second kappa shape index (κ2) is 17.3. The van der Waals surface area contributed by atoms with Gasteiger partial charge in [-0.3, -0.25) is 0 Å². The van der Waals surface area contributed by atoms with Gasteiger partial charge in [-0.1, -0.05) is 181 Å². The third kappa shape index (κ3) is 7.57. The van der Waals surface area contributed by atoms with Gasteiger partial charge in [-0.2, -0.15) is 0 Å². The Morgan fingerprint density at radius 2 is 0.657 bits per heavy atom. The summed E-state index contributed by atoms with van der Waals surface area (Å²) in [6.07, 6.45) is 0. The van der Waals surface area contributed by atoms with E-state index in [0.717, 1.165) is 28.4 Å². The zero-order valence-electron chi connectivity index (χ0n) is 39.3. The van der Waals surface area contributed by atoms with Crippen LogP contribution in [0.15, 0.2) is 212 Å². The van der Waals surface area contributed by atoms with Crippen LogP contribution in [-0.4, -0.2) is 0 Å². The quantitative estimate of drug-likeness (QED) is 0.0998. The van der Waals surface area contributed by atoms with Gasteiger partial charge in [0.1, 0.15) is 0 Å². The molecule has 0 unspecified atom stereocenters. The molecule has 0 saturated heterocycles. The van der Waals surface area contributed by atoms with Gasteiger partial charge in [-0.15, -0.1) is 0 Å². The van der Waals surface area contributed by atoms with Crippen LogP contribution in [0.1, 0.15) is 76.0 Å². The van der Waals surface area contributed by atoms with E-state index in [1.54, 1.807) is 0 Å². The predicted molar refractivity (Wildman–Crippen MR) is 291 cm³/mol. The summed E-state index contributed by atoms with van der Waals surface area (Å²) in [6.45, 7) is 13.6. The molecule has 0 aliphatic carbocycles. The molecule has 0 heterocycles. The Balaban J connectivity index is 1.12. The number of hydrogen-bond acceptors (Lipinski definition) is 2. The van der Waals surface area contributed by atoms with E-state index in [1.807, 2.05) is 0 Å². The van der Waals surface area contributed by atoms with E-state index < -0.39 is 0 Å². The number of benzene rings is 11. The number of rotatable bonds is 10. The van der Waals surface area contributed by atoms with Crippen molar-refractivity contribution >= 4 is 88.0 Å². The molecule has 11 aromatic carbocycles. The molecule has 67 heavy (non-hydrogen) atoms. The first-order chi connectivity index (χ1) is 32.7. The van der Waals surface area contributed by atoms with Crippen LogP contribution in [0.2, 0.25) is 0 Å². The van der Waals surface area contributed by atoms with Crippen molar-refractivity contribution in [1.29, 1.82) is 0 Å². The fourth-order valence-electron chi connectivity index (χ4n) is 10.3. The largest absolute Gasteiger partial charge is 0.311 e. The lowest BCUT2D eigenvalue weighted by Crippen LogP contribution is -2.13. The molecule has 0 fully saturated rings. The van der Waals surface area contributed by atoms with Gasteiger partial charge < -0.3 is 9.80 Å². The summed E-state index contributed by atoms with van der Waals surface area (Å²) < 4.78 is 0. The minimum Gasteiger partial charge on any atom is -0.311 e. The Morgan fingerprint density at radius 1 is 0.269 bits per heavy atom. The molecule has 0 amide bonds. The third-order valence-electron chi connectivity index (χ3n) is 14.0. The van der Waals surface area contributed by atoms with Crippen LogP contribution < -0.4 is 9.80 Å². The van der Waals surface area contributed by atoms with Crippen molar-refractivity contribution in [3.8, 4) is 11.1 Å².